The maximum absolute atomic E-state index is 12.2. The predicted octanol–water partition coefficient (Wildman–Crippen LogP) is 5.02. The summed E-state index contributed by atoms with van der Waals surface area (Å²) in [5.41, 5.74) is 2.68. The second-order valence-electron chi connectivity index (χ2n) is 5.11. The highest BCUT2D eigenvalue weighted by Gasteiger charge is 2.16. The summed E-state index contributed by atoms with van der Waals surface area (Å²) < 4.78 is 5.74. The number of rotatable bonds is 4. The van der Waals surface area contributed by atoms with Crippen LogP contribution in [0.25, 0.3) is 0 Å². The van der Waals surface area contributed by atoms with Gasteiger partial charge in [0, 0.05) is 15.7 Å². The van der Waals surface area contributed by atoms with Crippen LogP contribution in [0.5, 0.6) is 5.75 Å². The highest BCUT2D eigenvalue weighted by molar-refractivity contribution is 6.35. The Morgan fingerprint density at radius 1 is 1.14 bits per heavy atom. The third-order valence-electron chi connectivity index (χ3n) is 3.36. The molecule has 0 saturated heterocycles. The summed E-state index contributed by atoms with van der Waals surface area (Å²) in [5.74, 6) is 0.436. The average molecular weight is 338 g/mol. The normalized spacial score (nSPS) is 11.9. The van der Waals surface area contributed by atoms with Gasteiger partial charge in [-0.1, -0.05) is 35.3 Å². The van der Waals surface area contributed by atoms with Crippen LogP contribution in [0.15, 0.2) is 36.4 Å². The fourth-order valence-corrected chi connectivity index (χ4v) is 2.49. The van der Waals surface area contributed by atoms with Crippen molar-refractivity contribution in [2.45, 2.75) is 26.9 Å². The first kappa shape index (κ1) is 16.7. The average Bonchev–Trinajstić information content (AvgIpc) is 2.42. The van der Waals surface area contributed by atoms with E-state index in [-0.39, 0.29) is 5.91 Å². The zero-order valence-corrected chi connectivity index (χ0v) is 14.1. The molecule has 0 aromatic heterocycles. The molecule has 1 N–H and O–H groups in total. The van der Waals surface area contributed by atoms with Crippen LogP contribution in [-0.4, -0.2) is 12.0 Å². The van der Waals surface area contributed by atoms with Crippen molar-refractivity contribution in [1.29, 1.82) is 0 Å². The maximum Gasteiger partial charge on any atom is 0.265 e. The maximum atomic E-state index is 12.2. The second kappa shape index (κ2) is 7.03. The van der Waals surface area contributed by atoms with Crippen molar-refractivity contribution < 1.29 is 9.53 Å². The Morgan fingerprint density at radius 2 is 1.77 bits per heavy atom. The molecule has 3 nitrogen and oxygen atoms in total. The molecule has 0 radical (unpaired) electrons. The first-order valence-corrected chi connectivity index (χ1v) is 7.62. The van der Waals surface area contributed by atoms with E-state index < -0.39 is 6.10 Å². The number of anilines is 1. The first-order chi connectivity index (χ1) is 10.4. The van der Waals surface area contributed by atoms with Crippen LogP contribution in [0, 0.1) is 13.8 Å². The number of aryl methyl sites for hydroxylation is 1. The highest BCUT2D eigenvalue weighted by atomic mass is 35.5. The molecule has 0 bridgehead atoms. The molecule has 2 rings (SSSR count). The number of halogens is 2. The molecule has 22 heavy (non-hydrogen) atoms. The second-order valence-corrected chi connectivity index (χ2v) is 5.98. The van der Waals surface area contributed by atoms with Gasteiger partial charge in [0.05, 0.1) is 0 Å². The van der Waals surface area contributed by atoms with Gasteiger partial charge in [0.15, 0.2) is 6.10 Å². The van der Waals surface area contributed by atoms with Crippen LogP contribution >= 0.6 is 23.2 Å². The largest absolute Gasteiger partial charge is 0.481 e. The summed E-state index contributed by atoms with van der Waals surface area (Å²) in [4.78, 5) is 12.2. The molecule has 0 aliphatic rings. The first-order valence-electron chi connectivity index (χ1n) is 6.86. The summed E-state index contributed by atoms with van der Waals surface area (Å²) in [7, 11) is 0. The van der Waals surface area contributed by atoms with Gasteiger partial charge < -0.3 is 10.1 Å². The van der Waals surface area contributed by atoms with Gasteiger partial charge in [-0.2, -0.15) is 0 Å². The minimum absolute atomic E-state index is 0.265. The third-order valence-corrected chi connectivity index (χ3v) is 3.79. The molecule has 0 aliphatic heterocycles. The van der Waals surface area contributed by atoms with Crippen LogP contribution in [0.1, 0.15) is 18.1 Å². The van der Waals surface area contributed by atoms with Crippen molar-refractivity contribution >= 4 is 34.8 Å². The van der Waals surface area contributed by atoms with E-state index in [1.807, 2.05) is 32.0 Å². The Morgan fingerprint density at radius 3 is 2.41 bits per heavy atom. The fraction of sp³-hybridized carbons (Fsp3) is 0.235. The van der Waals surface area contributed by atoms with Crippen LogP contribution in [0.4, 0.5) is 5.69 Å². The molecule has 0 unspecified atom stereocenters. The number of hydrogen-bond donors (Lipinski definition) is 1. The molecule has 116 valence electrons. The van der Waals surface area contributed by atoms with Crippen molar-refractivity contribution in [3.05, 3.63) is 57.6 Å². The summed E-state index contributed by atoms with van der Waals surface area (Å²) in [6.45, 7) is 5.66. The molecule has 2 aromatic carbocycles. The molecule has 0 fully saturated rings. The predicted molar refractivity (Wildman–Crippen MR) is 91.1 cm³/mol. The number of hydrogen-bond acceptors (Lipinski definition) is 2. The van der Waals surface area contributed by atoms with Crippen molar-refractivity contribution in [2.24, 2.45) is 0 Å². The van der Waals surface area contributed by atoms with Gasteiger partial charge in [-0.25, -0.2) is 0 Å². The van der Waals surface area contributed by atoms with Crippen LogP contribution in [0.3, 0.4) is 0 Å². The Hall–Kier alpha value is -1.71. The van der Waals surface area contributed by atoms with E-state index in [1.54, 1.807) is 25.1 Å². The molecular formula is C17H17Cl2NO2. The molecule has 5 heteroatoms. The zero-order chi connectivity index (χ0) is 16.3. The van der Waals surface area contributed by atoms with E-state index in [2.05, 4.69) is 5.32 Å². The summed E-state index contributed by atoms with van der Waals surface area (Å²) >= 11 is 11.8. The van der Waals surface area contributed by atoms with Crippen LogP contribution in [0.2, 0.25) is 10.0 Å². The van der Waals surface area contributed by atoms with Crippen LogP contribution in [-0.2, 0) is 4.79 Å². The quantitative estimate of drug-likeness (QED) is 0.850. The highest BCUT2D eigenvalue weighted by Crippen LogP contribution is 2.24. The van der Waals surface area contributed by atoms with Gasteiger partial charge in [-0.15, -0.1) is 0 Å². The molecule has 1 amide bonds. The number of benzene rings is 2. The standard InChI is InChI=1S/C17H17Cl2NO2/c1-10-5-4-6-16(11(10)2)22-12(3)17(21)20-15-8-13(18)7-14(19)9-15/h4-9,12H,1-3H3,(H,20,21)/t12-/m1/s1. The molecule has 1 atom stereocenters. The lowest BCUT2D eigenvalue weighted by molar-refractivity contribution is -0.122. The SMILES string of the molecule is Cc1cccc(O[C@H](C)C(=O)Nc2cc(Cl)cc(Cl)c2)c1C. The van der Waals surface area contributed by atoms with E-state index in [4.69, 9.17) is 27.9 Å². The lowest BCUT2D eigenvalue weighted by Crippen LogP contribution is -2.30. The van der Waals surface area contributed by atoms with Gasteiger partial charge in [0.1, 0.15) is 5.75 Å². The van der Waals surface area contributed by atoms with E-state index in [1.165, 1.54) is 0 Å². The van der Waals surface area contributed by atoms with Crippen molar-refractivity contribution in [3.63, 3.8) is 0 Å². The lowest BCUT2D eigenvalue weighted by Gasteiger charge is -2.17. The topological polar surface area (TPSA) is 38.3 Å². The molecule has 0 spiro atoms. The lowest BCUT2D eigenvalue weighted by atomic mass is 10.1. The number of carbonyl (C=O) groups excluding carboxylic acids is 1. The Balaban J connectivity index is 2.07. The monoisotopic (exact) mass is 337 g/mol. The number of amides is 1. The molecule has 0 heterocycles. The molecule has 0 saturated carbocycles. The fourth-order valence-electron chi connectivity index (χ4n) is 1.97. The van der Waals surface area contributed by atoms with Crippen LogP contribution < -0.4 is 10.1 Å². The summed E-state index contributed by atoms with van der Waals surface area (Å²) in [5, 5.41) is 3.67. The molecule has 2 aromatic rings. The van der Waals surface area contributed by atoms with Gasteiger partial charge in [0.25, 0.3) is 5.91 Å². The van der Waals surface area contributed by atoms with E-state index in [0.717, 1.165) is 11.1 Å². The summed E-state index contributed by atoms with van der Waals surface area (Å²) in [6, 6.07) is 10.6. The van der Waals surface area contributed by atoms with Crippen molar-refractivity contribution in [3.8, 4) is 5.75 Å². The Kier molecular flexibility index (Phi) is 5.33. The van der Waals surface area contributed by atoms with E-state index >= 15 is 0 Å². The minimum Gasteiger partial charge on any atom is -0.481 e. The minimum atomic E-state index is -0.641. The van der Waals surface area contributed by atoms with E-state index in [0.29, 0.717) is 21.5 Å². The van der Waals surface area contributed by atoms with Gasteiger partial charge >= 0.3 is 0 Å². The summed E-state index contributed by atoms with van der Waals surface area (Å²) in [6.07, 6.45) is -0.641. The smallest absolute Gasteiger partial charge is 0.265 e. The van der Waals surface area contributed by atoms with Gasteiger partial charge in [-0.05, 0) is 56.2 Å². The number of nitrogens with one attached hydrogen (secondary N) is 1. The third kappa shape index (κ3) is 4.15. The van der Waals surface area contributed by atoms with Gasteiger partial charge in [-0.3, -0.25) is 4.79 Å². The Bertz CT molecular complexity index is 681. The molecule has 0 aliphatic carbocycles. The van der Waals surface area contributed by atoms with Crippen molar-refractivity contribution in [1.82, 2.24) is 0 Å². The number of ether oxygens (including phenoxy) is 1. The van der Waals surface area contributed by atoms with Gasteiger partial charge in [0.2, 0.25) is 0 Å². The molecular weight excluding hydrogens is 321 g/mol. The van der Waals surface area contributed by atoms with Crippen molar-refractivity contribution in [2.75, 3.05) is 5.32 Å². The zero-order valence-electron chi connectivity index (χ0n) is 12.6. The van der Waals surface area contributed by atoms with E-state index in [9.17, 15) is 4.79 Å². The Labute approximate surface area is 140 Å². The number of carbonyl (C=O) groups is 1.